The lowest BCUT2D eigenvalue weighted by Gasteiger charge is -2.33. The number of nitrogens with one attached hydrogen (secondary N) is 2. The first kappa shape index (κ1) is 26.8. The van der Waals surface area contributed by atoms with E-state index in [0.29, 0.717) is 17.2 Å². The Kier molecular flexibility index (Phi) is 13.5. The van der Waals surface area contributed by atoms with E-state index in [9.17, 15) is 0 Å². The SMILES string of the molecule is CN=C(NCCCc1ccc(Cl)cc1Cl)NC1CCN(CCOC(C)C)CC1.I. The van der Waals surface area contributed by atoms with Crippen molar-refractivity contribution in [3.63, 3.8) is 0 Å². The molecule has 1 aromatic carbocycles. The number of aliphatic imine (C=N–C) groups is 1. The van der Waals surface area contributed by atoms with Crippen molar-refractivity contribution in [3.05, 3.63) is 33.8 Å². The Balaban J connectivity index is 0.00000420. The van der Waals surface area contributed by atoms with Gasteiger partial charge in [0, 0.05) is 49.3 Å². The fourth-order valence-electron chi connectivity index (χ4n) is 3.32. The van der Waals surface area contributed by atoms with Crippen molar-refractivity contribution in [3.8, 4) is 0 Å². The number of likely N-dealkylation sites (tertiary alicyclic amines) is 1. The van der Waals surface area contributed by atoms with Gasteiger partial charge in [-0.1, -0.05) is 29.3 Å². The third-order valence-corrected chi connectivity index (χ3v) is 5.53. The lowest BCUT2D eigenvalue weighted by Crippen LogP contribution is -2.49. The molecule has 29 heavy (non-hydrogen) atoms. The zero-order valence-electron chi connectivity index (χ0n) is 17.7. The van der Waals surface area contributed by atoms with Gasteiger partial charge in [0.05, 0.1) is 12.7 Å². The monoisotopic (exact) mass is 556 g/mol. The van der Waals surface area contributed by atoms with Gasteiger partial charge in [-0.2, -0.15) is 0 Å². The number of hydrogen-bond donors (Lipinski definition) is 2. The van der Waals surface area contributed by atoms with Gasteiger partial charge in [-0.25, -0.2) is 0 Å². The number of guanidine groups is 1. The maximum atomic E-state index is 6.23. The molecule has 1 fully saturated rings. The highest BCUT2D eigenvalue weighted by Crippen LogP contribution is 2.21. The topological polar surface area (TPSA) is 48.9 Å². The minimum atomic E-state index is 0. The van der Waals surface area contributed by atoms with Crippen LogP contribution < -0.4 is 10.6 Å². The van der Waals surface area contributed by atoms with E-state index in [1.165, 1.54) is 0 Å². The predicted octanol–water partition coefficient (Wildman–Crippen LogP) is 4.60. The van der Waals surface area contributed by atoms with E-state index in [2.05, 4.69) is 34.4 Å². The number of piperidine rings is 1. The third kappa shape index (κ3) is 10.5. The van der Waals surface area contributed by atoms with Crippen molar-refractivity contribution in [1.29, 1.82) is 0 Å². The summed E-state index contributed by atoms with van der Waals surface area (Å²) in [5.41, 5.74) is 1.13. The van der Waals surface area contributed by atoms with Crippen LogP contribution in [0.1, 0.15) is 38.7 Å². The number of nitrogens with zero attached hydrogens (tertiary/aromatic N) is 2. The van der Waals surface area contributed by atoms with Crippen molar-refractivity contribution in [1.82, 2.24) is 15.5 Å². The summed E-state index contributed by atoms with van der Waals surface area (Å²) in [6, 6.07) is 6.16. The fourth-order valence-corrected chi connectivity index (χ4v) is 3.82. The second-order valence-electron chi connectivity index (χ2n) is 7.52. The Bertz CT molecular complexity index is 623. The van der Waals surface area contributed by atoms with Crippen LogP contribution in [0.15, 0.2) is 23.2 Å². The summed E-state index contributed by atoms with van der Waals surface area (Å²) in [4.78, 5) is 6.84. The van der Waals surface area contributed by atoms with Crippen LogP contribution in [0.5, 0.6) is 0 Å². The molecular formula is C21H35Cl2IN4O. The third-order valence-electron chi connectivity index (χ3n) is 4.94. The predicted molar refractivity (Wildman–Crippen MR) is 135 cm³/mol. The van der Waals surface area contributed by atoms with Crippen LogP contribution in [0.25, 0.3) is 0 Å². The molecule has 2 N–H and O–H groups in total. The second kappa shape index (κ2) is 14.7. The average Bonchev–Trinajstić information content (AvgIpc) is 2.66. The van der Waals surface area contributed by atoms with Gasteiger partial charge in [0.15, 0.2) is 5.96 Å². The maximum Gasteiger partial charge on any atom is 0.191 e. The van der Waals surface area contributed by atoms with Gasteiger partial charge in [0.1, 0.15) is 0 Å². The van der Waals surface area contributed by atoms with E-state index in [-0.39, 0.29) is 24.0 Å². The van der Waals surface area contributed by atoms with Gasteiger partial charge in [-0.05, 0) is 57.2 Å². The molecule has 0 aliphatic carbocycles. The summed E-state index contributed by atoms with van der Waals surface area (Å²) in [6.45, 7) is 9.06. The molecule has 0 radical (unpaired) electrons. The van der Waals surface area contributed by atoms with Gasteiger partial charge in [0.25, 0.3) is 0 Å². The molecule has 8 heteroatoms. The molecule has 166 valence electrons. The first-order chi connectivity index (χ1) is 13.5. The Morgan fingerprint density at radius 2 is 2.00 bits per heavy atom. The van der Waals surface area contributed by atoms with Crippen LogP contribution >= 0.6 is 47.2 Å². The van der Waals surface area contributed by atoms with E-state index in [0.717, 1.165) is 75.0 Å². The largest absolute Gasteiger partial charge is 0.377 e. The fraction of sp³-hybridized carbons (Fsp3) is 0.667. The number of halogens is 3. The first-order valence-electron chi connectivity index (χ1n) is 10.2. The molecule has 0 spiro atoms. The highest BCUT2D eigenvalue weighted by atomic mass is 127. The van der Waals surface area contributed by atoms with Crippen LogP contribution in [0.3, 0.4) is 0 Å². The highest BCUT2D eigenvalue weighted by Gasteiger charge is 2.19. The number of rotatable bonds is 9. The minimum Gasteiger partial charge on any atom is -0.377 e. The standard InChI is InChI=1S/C21H34Cl2N4O.HI/c1-16(2)28-14-13-27-11-8-19(9-12-27)26-21(24-3)25-10-4-5-17-6-7-18(22)15-20(17)23;/h6-7,15-16,19H,4-5,8-14H2,1-3H3,(H2,24,25,26);1H. The molecule has 1 aromatic rings. The van der Waals surface area contributed by atoms with Crippen molar-refractivity contribution < 1.29 is 4.74 Å². The lowest BCUT2D eigenvalue weighted by atomic mass is 10.1. The molecule has 0 aromatic heterocycles. The van der Waals surface area contributed by atoms with Crippen molar-refractivity contribution >= 4 is 53.1 Å². The van der Waals surface area contributed by atoms with Crippen LogP contribution in [0, 0.1) is 0 Å². The van der Waals surface area contributed by atoms with Gasteiger partial charge in [-0.15, -0.1) is 24.0 Å². The first-order valence-corrected chi connectivity index (χ1v) is 11.0. The van der Waals surface area contributed by atoms with Crippen LogP contribution in [0.4, 0.5) is 0 Å². The van der Waals surface area contributed by atoms with E-state index < -0.39 is 0 Å². The van der Waals surface area contributed by atoms with Gasteiger partial charge < -0.3 is 20.3 Å². The van der Waals surface area contributed by atoms with Crippen LogP contribution in [0.2, 0.25) is 10.0 Å². The molecule has 0 amide bonds. The summed E-state index contributed by atoms with van der Waals surface area (Å²) in [6.07, 6.45) is 4.46. The van der Waals surface area contributed by atoms with Crippen LogP contribution in [-0.4, -0.2) is 62.8 Å². The molecule has 2 rings (SSSR count). The average molecular weight is 557 g/mol. The molecule has 5 nitrogen and oxygen atoms in total. The van der Waals surface area contributed by atoms with Crippen molar-refractivity contribution in [2.75, 3.05) is 39.8 Å². The molecule has 0 saturated carbocycles. The van der Waals surface area contributed by atoms with E-state index in [1.807, 2.05) is 19.2 Å². The number of benzene rings is 1. The molecule has 0 unspecified atom stereocenters. The Morgan fingerprint density at radius 3 is 2.62 bits per heavy atom. The van der Waals surface area contributed by atoms with E-state index in [1.54, 1.807) is 6.07 Å². The number of hydrogen-bond acceptors (Lipinski definition) is 3. The smallest absolute Gasteiger partial charge is 0.191 e. The van der Waals surface area contributed by atoms with Gasteiger partial charge in [-0.3, -0.25) is 4.99 Å². The number of ether oxygens (including phenoxy) is 1. The summed E-state index contributed by atoms with van der Waals surface area (Å²) in [7, 11) is 1.82. The molecule has 1 saturated heterocycles. The Morgan fingerprint density at radius 1 is 1.28 bits per heavy atom. The number of aryl methyl sites for hydroxylation is 1. The van der Waals surface area contributed by atoms with Crippen molar-refractivity contribution in [2.45, 2.75) is 51.7 Å². The quantitative estimate of drug-likeness (QED) is 0.202. The minimum absolute atomic E-state index is 0. The molecule has 1 heterocycles. The summed E-state index contributed by atoms with van der Waals surface area (Å²) >= 11 is 12.2. The summed E-state index contributed by atoms with van der Waals surface area (Å²) in [5, 5.41) is 8.38. The van der Waals surface area contributed by atoms with Gasteiger partial charge in [0.2, 0.25) is 0 Å². The Labute approximate surface area is 203 Å². The molecule has 0 bridgehead atoms. The van der Waals surface area contributed by atoms with E-state index in [4.69, 9.17) is 27.9 Å². The van der Waals surface area contributed by atoms with Crippen LogP contribution in [-0.2, 0) is 11.2 Å². The zero-order chi connectivity index (χ0) is 20.4. The maximum absolute atomic E-state index is 6.23. The highest BCUT2D eigenvalue weighted by molar-refractivity contribution is 14.0. The normalized spacial score (nSPS) is 16.0. The van der Waals surface area contributed by atoms with Gasteiger partial charge >= 0.3 is 0 Å². The second-order valence-corrected chi connectivity index (χ2v) is 8.36. The summed E-state index contributed by atoms with van der Waals surface area (Å²) in [5.74, 6) is 0.879. The molecule has 1 aliphatic rings. The lowest BCUT2D eigenvalue weighted by molar-refractivity contribution is 0.0532. The molecule has 1 aliphatic heterocycles. The summed E-state index contributed by atoms with van der Waals surface area (Å²) < 4.78 is 5.65. The Hall–Kier alpha value is -0.280. The zero-order valence-corrected chi connectivity index (χ0v) is 21.6. The molecular weight excluding hydrogens is 522 g/mol. The van der Waals surface area contributed by atoms with Crippen molar-refractivity contribution in [2.24, 2.45) is 4.99 Å². The molecule has 0 atom stereocenters. The van der Waals surface area contributed by atoms with E-state index >= 15 is 0 Å².